The van der Waals surface area contributed by atoms with Gasteiger partial charge in [0.25, 0.3) is 0 Å². The minimum Gasteiger partial charge on any atom is -0.486 e. The third-order valence-electron chi connectivity index (χ3n) is 3.37. The Morgan fingerprint density at radius 3 is 2.62 bits per heavy atom. The topological polar surface area (TPSA) is 44.5 Å². The Hall–Kier alpha value is -1.59. The highest BCUT2D eigenvalue weighted by Crippen LogP contribution is 2.33. The van der Waals surface area contributed by atoms with Crippen LogP contribution in [0.3, 0.4) is 0 Å². The molecule has 3 rings (SSSR count). The van der Waals surface area contributed by atoms with E-state index in [9.17, 15) is 4.39 Å². The molecule has 3 nitrogen and oxygen atoms in total. The molecule has 21 heavy (non-hydrogen) atoms. The lowest BCUT2D eigenvalue weighted by atomic mass is 9.99. The Morgan fingerprint density at radius 2 is 1.86 bits per heavy atom. The molecule has 0 amide bonds. The summed E-state index contributed by atoms with van der Waals surface area (Å²) < 4.78 is 25.2. The van der Waals surface area contributed by atoms with Gasteiger partial charge >= 0.3 is 0 Å². The predicted octanol–water partition coefficient (Wildman–Crippen LogP) is 3.60. The smallest absolute Gasteiger partial charge is 0.161 e. The first-order valence-electron chi connectivity index (χ1n) is 6.72. The van der Waals surface area contributed by atoms with Gasteiger partial charge in [0.15, 0.2) is 11.5 Å². The van der Waals surface area contributed by atoms with E-state index >= 15 is 0 Å². The third-order valence-corrected chi connectivity index (χ3v) is 3.83. The van der Waals surface area contributed by atoms with Crippen molar-refractivity contribution in [2.75, 3.05) is 13.2 Å². The number of hydrogen-bond donors (Lipinski definition) is 1. The predicted molar refractivity (Wildman–Crippen MR) is 82.2 cm³/mol. The zero-order valence-electron chi connectivity index (χ0n) is 11.3. The van der Waals surface area contributed by atoms with Gasteiger partial charge in [0.2, 0.25) is 0 Å². The fourth-order valence-corrected chi connectivity index (χ4v) is 2.90. The van der Waals surface area contributed by atoms with Crippen LogP contribution in [0.1, 0.15) is 17.2 Å². The van der Waals surface area contributed by atoms with E-state index in [-0.39, 0.29) is 11.9 Å². The van der Waals surface area contributed by atoms with Gasteiger partial charge in [-0.2, -0.15) is 0 Å². The largest absolute Gasteiger partial charge is 0.486 e. The lowest BCUT2D eigenvalue weighted by molar-refractivity contribution is 0.171. The van der Waals surface area contributed by atoms with Gasteiger partial charge in [-0.15, -0.1) is 0 Å². The van der Waals surface area contributed by atoms with Gasteiger partial charge in [-0.25, -0.2) is 4.39 Å². The maximum atomic E-state index is 13.4. The van der Waals surface area contributed by atoms with Crippen molar-refractivity contribution in [2.45, 2.75) is 12.5 Å². The highest BCUT2D eigenvalue weighted by molar-refractivity contribution is 9.10. The summed E-state index contributed by atoms with van der Waals surface area (Å²) in [6.45, 7) is 1.11. The van der Waals surface area contributed by atoms with Crippen molar-refractivity contribution in [3.05, 3.63) is 57.8 Å². The van der Waals surface area contributed by atoms with Crippen LogP contribution in [-0.4, -0.2) is 13.2 Å². The van der Waals surface area contributed by atoms with E-state index in [1.54, 1.807) is 0 Å². The van der Waals surface area contributed by atoms with E-state index < -0.39 is 0 Å². The summed E-state index contributed by atoms with van der Waals surface area (Å²) in [6, 6.07) is 10.3. The van der Waals surface area contributed by atoms with Gasteiger partial charge in [-0.1, -0.05) is 22.0 Å². The average Bonchev–Trinajstić information content (AvgIpc) is 2.45. The van der Waals surface area contributed by atoms with E-state index in [1.165, 1.54) is 12.1 Å². The minimum atomic E-state index is -0.270. The number of benzene rings is 2. The third kappa shape index (κ3) is 3.36. The zero-order valence-corrected chi connectivity index (χ0v) is 12.9. The molecule has 0 spiro atoms. The molecule has 0 aromatic heterocycles. The van der Waals surface area contributed by atoms with Crippen LogP contribution in [-0.2, 0) is 6.42 Å². The second-order valence-electron chi connectivity index (χ2n) is 4.99. The SMILES string of the molecule is NC(Cc1cc(F)cc(Br)c1)c1ccc2c(c1)OCCO2. The number of hydrogen-bond acceptors (Lipinski definition) is 3. The van der Waals surface area contributed by atoms with Crippen molar-refractivity contribution in [3.8, 4) is 11.5 Å². The summed E-state index contributed by atoms with van der Waals surface area (Å²) in [5.74, 6) is 1.19. The van der Waals surface area contributed by atoms with Crippen molar-refractivity contribution < 1.29 is 13.9 Å². The first kappa shape index (κ1) is 14.4. The fourth-order valence-electron chi connectivity index (χ4n) is 2.39. The van der Waals surface area contributed by atoms with Gasteiger partial charge in [-0.05, 0) is 47.9 Å². The van der Waals surface area contributed by atoms with Crippen LogP contribution in [0.5, 0.6) is 11.5 Å². The van der Waals surface area contributed by atoms with E-state index in [2.05, 4.69) is 15.9 Å². The van der Waals surface area contributed by atoms with Crippen LogP contribution in [0.4, 0.5) is 4.39 Å². The Labute approximate surface area is 131 Å². The molecule has 1 unspecified atom stereocenters. The van der Waals surface area contributed by atoms with E-state index in [0.29, 0.717) is 24.1 Å². The van der Waals surface area contributed by atoms with Crippen molar-refractivity contribution >= 4 is 15.9 Å². The highest BCUT2D eigenvalue weighted by Gasteiger charge is 2.15. The fraction of sp³-hybridized carbons (Fsp3) is 0.250. The number of halogens is 2. The Balaban J connectivity index is 1.80. The molecule has 0 radical (unpaired) electrons. The zero-order chi connectivity index (χ0) is 14.8. The molecular formula is C16H15BrFNO2. The van der Waals surface area contributed by atoms with Crippen LogP contribution < -0.4 is 15.2 Å². The summed E-state index contributed by atoms with van der Waals surface area (Å²) in [4.78, 5) is 0. The van der Waals surface area contributed by atoms with Crippen LogP contribution >= 0.6 is 15.9 Å². The Kier molecular flexibility index (Phi) is 4.12. The second-order valence-corrected chi connectivity index (χ2v) is 5.91. The molecular weight excluding hydrogens is 337 g/mol. The number of fused-ring (bicyclic) bond motifs is 1. The molecule has 0 fully saturated rings. The highest BCUT2D eigenvalue weighted by atomic mass is 79.9. The standard InChI is InChI=1S/C16H15BrFNO2/c17-12-5-10(6-13(18)9-12)7-14(19)11-1-2-15-16(8-11)21-4-3-20-15/h1-2,5-6,8-9,14H,3-4,7,19H2. The summed E-state index contributed by atoms with van der Waals surface area (Å²) in [6.07, 6.45) is 0.552. The molecule has 110 valence electrons. The van der Waals surface area contributed by atoms with Gasteiger partial charge in [-0.3, -0.25) is 0 Å². The van der Waals surface area contributed by atoms with Crippen LogP contribution in [0.2, 0.25) is 0 Å². The van der Waals surface area contributed by atoms with E-state index in [4.69, 9.17) is 15.2 Å². The molecule has 0 saturated carbocycles. The minimum absolute atomic E-state index is 0.227. The molecule has 1 atom stereocenters. The van der Waals surface area contributed by atoms with Gasteiger partial charge in [0.1, 0.15) is 19.0 Å². The summed E-state index contributed by atoms with van der Waals surface area (Å²) >= 11 is 3.29. The normalized spacial score (nSPS) is 14.8. The van der Waals surface area contributed by atoms with Crippen LogP contribution in [0.25, 0.3) is 0 Å². The lowest BCUT2D eigenvalue weighted by Crippen LogP contribution is -2.17. The first-order valence-corrected chi connectivity index (χ1v) is 7.51. The molecule has 2 N–H and O–H groups in total. The van der Waals surface area contributed by atoms with E-state index in [0.717, 1.165) is 22.6 Å². The maximum Gasteiger partial charge on any atom is 0.161 e. The maximum absolute atomic E-state index is 13.4. The molecule has 2 aromatic carbocycles. The quantitative estimate of drug-likeness (QED) is 0.918. The monoisotopic (exact) mass is 351 g/mol. The van der Waals surface area contributed by atoms with Crippen molar-refractivity contribution in [1.29, 1.82) is 0 Å². The van der Waals surface area contributed by atoms with Crippen LogP contribution in [0, 0.1) is 5.82 Å². The Bertz CT molecular complexity index is 642. The molecule has 5 heteroatoms. The van der Waals surface area contributed by atoms with Crippen molar-refractivity contribution in [3.63, 3.8) is 0 Å². The van der Waals surface area contributed by atoms with Gasteiger partial charge < -0.3 is 15.2 Å². The molecule has 0 bridgehead atoms. The van der Waals surface area contributed by atoms with Gasteiger partial charge in [0.05, 0.1) is 0 Å². The molecule has 0 aliphatic carbocycles. The average molecular weight is 352 g/mol. The summed E-state index contributed by atoms with van der Waals surface area (Å²) in [7, 11) is 0. The summed E-state index contributed by atoms with van der Waals surface area (Å²) in [5, 5.41) is 0. The molecule has 2 aromatic rings. The lowest BCUT2D eigenvalue weighted by Gasteiger charge is -2.20. The number of ether oxygens (including phenoxy) is 2. The summed E-state index contributed by atoms with van der Waals surface area (Å²) in [5.41, 5.74) is 8.02. The number of nitrogens with two attached hydrogens (primary N) is 1. The van der Waals surface area contributed by atoms with Crippen LogP contribution in [0.15, 0.2) is 40.9 Å². The van der Waals surface area contributed by atoms with E-state index in [1.807, 2.05) is 24.3 Å². The molecule has 1 aliphatic rings. The Morgan fingerprint density at radius 1 is 1.10 bits per heavy atom. The molecule has 0 saturated heterocycles. The van der Waals surface area contributed by atoms with Crippen molar-refractivity contribution in [2.24, 2.45) is 5.73 Å². The van der Waals surface area contributed by atoms with Gasteiger partial charge in [0, 0.05) is 10.5 Å². The molecule has 1 aliphatic heterocycles. The molecule has 1 heterocycles. The number of rotatable bonds is 3. The van der Waals surface area contributed by atoms with Crippen molar-refractivity contribution in [1.82, 2.24) is 0 Å². The second kappa shape index (κ2) is 6.03. The first-order chi connectivity index (χ1) is 10.1.